The van der Waals surface area contributed by atoms with Crippen molar-refractivity contribution in [2.24, 2.45) is 0 Å². The van der Waals surface area contributed by atoms with Gasteiger partial charge in [0.15, 0.2) is 5.44 Å². The molecule has 0 saturated carbocycles. The summed E-state index contributed by atoms with van der Waals surface area (Å²) in [5.41, 5.74) is 14.6. The van der Waals surface area contributed by atoms with Crippen LogP contribution in [0.3, 0.4) is 0 Å². The van der Waals surface area contributed by atoms with Gasteiger partial charge in [-0.05, 0) is 70.8 Å². The summed E-state index contributed by atoms with van der Waals surface area (Å²) < 4.78 is 7.07. The van der Waals surface area contributed by atoms with Gasteiger partial charge in [-0.1, -0.05) is 148 Å². The summed E-state index contributed by atoms with van der Waals surface area (Å²) in [4.78, 5) is 18.6. The molecule has 0 aliphatic carbocycles. The Hall–Kier alpha value is -6.11. The molecule has 2 aliphatic heterocycles. The van der Waals surface area contributed by atoms with E-state index >= 15 is 0 Å². The van der Waals surface area contributed by atoms with Gasteiger partial charge >= 0.3 is 0 Å². The summed E-state index contributed by atoms with van der Waals surface area (Å²) in [5, 5.41) is 0. The zero-order valence-electron chi connectivity index (χ0n) is 30.8. The van der Waals surface area contributed by atoms with E-state index < -0.39 is 0 Å². The standard InChI is InChI=1S/C49H42N4OS/c1-2-3-4-17-32-55-49-47-45(35-22-13-7-14-23-35)41-30-28-39(51-41)43(33-18-9-5-10-19-33)37-26-27-38(50-37)44(34-20-11-6-12-21-34)40-29-31-42(52-40)46(48(53-47)54-49)36-24-15-8-16-25-36/h5-16,18-31,49,51-52H,2-4,17,32H2,1H3. The Labute approximate surface area is 326 Å². The van der Waals surface area contributed by atoms with Crippen LogP contribution in [-0.2, 0) is 0 Å². The fraction of sp³-hybridized carbons (Fsp3) is 0.143. The molecule has 5 nitrogen and oxygen atoms in total. The summed E-state index contributed by atoms with van der Waals surface area (Å²) in [6.45, 7) is 2.26. The Kier molecular flexibility index (Phi) is 9.89. The normalized spacial score (nSPS) is 13.5. The van der Waals surface area contributed by atoms with Gasteiger partial charge in [0, 0.05) is 33.2 Å². The van der Waals surface area contributed by atoms with Gasteiger partial charge in [0.25, 0.3) is 0 Å². The van der Waals surface area contributed by atoms with E-state index in [0.29, 0.717) is 5.88 Å². The molecule has 3 aromatic heterocycles. The Balaban J connectivity index is 1.42. The van der Waals surface area contributed by atoms with Crippen molar-refractivity contribution < 1.29 is 4.74 Å². The van der Waals surface area contributed by atoms with E-state index in [9.17, 15) is 0 Å². The second kappa shape index (κ2) is 15.7. The molecule has 1 atom stereocenters. The van der Waals surface area contributed by atoms with E-state index in [1.807, 2.05) is 17.8 Å². The third-order valence-electron chi connectivity index (χ3n) is 10.3. The monoisotopic (exact) mass is 734 g/mol. The van der Waals surface area contributed by atoms with Crippen molar-refractivity contribution in [1.82, 2.24) is 19.9 Å². The molecule has 8 bridgehead atoms. The van der Waals surface area contributed by atoms with Crippen molar-refractivity contribution in [3.63, 3.8) is 0 Å². The Morgan fingerprint density at radius 3 is 1.42 bits per heavy atom. The third-order valence-corrected chi connectivity index (χ3v) is 11.4. The van der Waals surface area contributed by atoms with Gasteiger partial charge in [0.2, 0.25) is 5.88 Å². The molecule has 0 amide bonds. The van der Waals surface area contributed by atoms with Crippen molar-refractivity contribution in [3.8, 4) is 50.4 Å². The van der Waals surface area contributed by atoms with Crippen LogP contribution >= 0.6 is 11.8 Å². The number of benzene rings is 4. The van der Waals surface area contributed by atoms with Crippen LogP contribution in [0.25, 0.3) is 78.7 Å². The number of nitrogens with zero attached hydrogens (tertiary/aromatic N) is 2. The average Bonchev–Trinajstić information content (AvgIpc) is 4.07. The van der Waals surface area contributed by atoms with Crippen molar-refractivity contribution in [2.45, 2.75) is 38.0 Å². The first-order valence-corrected chi connectivity index (χ1v) is 20.3. The Morgan fingerprint density at radius 2 is 0.927 bits per heavy atom. The van der Waals surface area contributed by atoms with Gasteiger partial charge in [0.1, 0.15) is 5.69 Å². The van der Waals surface area contributed by atoms with E-state index in [-0.39, 0.29) is 5.44 Å². The lowest BCUT2D eigenvalue weighted by Crippen LogP contribution is -2.01. The predicted molar refractivity (Wildman–Crippen MR) is 232 cm³/mol. The lowest BCUT2D eigenvalue weighted by molar-refractivity contribution is 0.315. The quantitative estimate of drug-likeness (QED) is 0.137. The van der Waals surface area contributed by atoms with Crippen LogP contribution in [0.2, 0.25) is 0 Å². The number of rotatable bonds is 10. The molecule has 1 unspecified atom stereocenters. The smallest absolute Gasteiger partial charge is 0.225 e. The molecule has 4 aromatic carbocycles. The number of aromatic amines is 2. The highest BCUT2D eigenvalue weighted by atomic mass is 32.2. The van der Waals surface area contributed by atoms with Crippen LogP contribution in [0, 0.1) is 0 Å². The lowest BCUT2D eigenvalue weighted by atomic mass is 10.0. The zero-order valence-corrected chi connectivity index (χ0v) is 31.7. The van der Waals surface area contributed by atoms with Gasteiger partial charge in [0.05, 0.1) is 22.5 Å². The summed E-state index contributed by atoms with van der Waals surface area (Å²) in [7, 11) is 0. The molecular weight excluding hydrogens is 693 g/mol. The molecule has 0 fully saturated rings. The highest BCUT2D eigenvalue weighted by molar-refractivity contribution is 7.99. The van der Waals surface area contributed by atoms with Crippen molar-refractivity contribution in [1.29, 1.82) is 0 Å². The van der Waals surface area contributed by atoms with Crippen LogP contribution in [0.1, 0.15) is 55.1 Å². The molecule has 2 aliphatic rings. The zero-order chi connectivity index (χ0) is 37.0. The van der Waals surface area contributed by atoms with E-state index in [1.165, 1.54) is 19.3 Å². The number of hydrogen-bond acceptors (Lipinski definition) is 4. The van der Waals surface area contributed by atoms with E-state index in [1.54, 1.807) is 0 Å². The van der Waals surface area contributed by atoms with Crippen LogP contribution in [0.5, 0.6) is 5.88 Å². The van der Waals surface area contributed by atoms with Crippen LogP contribution in [-0.4, -0.2) is 25.7 Å². The second-order valence-electron chi connectivity index (χ2n) is 13.9. The molecule has 7 aromatic rings. The maximum atomic E-state index is 7.07. The second-order valence-corrected chi connectivity index (χ2v) is 15.1. The fourth-order valence-corrected chi connectivity index (χ4v) is 8.69. The van der Waals surface area contributed by atoms with E-state index in [4.69, 9.17) is 14.7 Å². The molecule has 0 saturated heterocycles. The summed E-state index contributed by atoms with van der Waals surface area (Å²) in [6.07, 6.45) is 9.06. The third kappa shape index (κ3) is 7.02. The van der Waals surface area contributed by atoms with Crippen LogP contribution < -0.4 is 4.74 Å². The SMILES string of the molecule is CCCCCCSC1Oc2nc1c(-c1ccccc1)c1ccc([nH]1)c(-c1ccccc1)c1nc(c(-c3ccccc3)c3ccc([nH]3)c2-c2ccccc2)C=C1. The van der Waals surface area contributed by atoms with Gasteiger partial charge < -0.3 is 14.7 Å². The van der Waals surface area contributed by atoms with Crippen molar-refractivity contribution in [3.05, 3.63) is 163 Å². The average molecular weight is 735 g/mol. The topological polar surface area (TPSA) is 66.6 Å². The van der Waals surface area contributed by atoms with Gasteiger partial charge in [-0.2, -0.15) is 0 Å². The first-order chi connectivity index (χ1) is 27.2. The highest BCUT2D eigenvalue weighted by Crippen LogP contribution is 2.46. The maximum absolute atomic E-state index is 7.07. The minimum Gasteiger partial charge on any atom is -0.456 e. The molecule has 9 rings (SSSR count). The predicted octanol–water partition coefficient (Wildman–Crippen LogP) is 13.5. The number of thioether (sulfide) groups is 1. The molecule has 2 N–H and O–H groups in total. The van der Waals surface area contributed by atoms with Crippen LogP contribution in [0.15, 0.2) is 146 Å². The Bertz CT molecular complexity index is 2630. The number of H-pyrrole nitrogens is 2. The molecule has 6 heteroatoms. The number of nitrogens with one attached hydrogen (secondary N) is 2. The number of aromatic nitrogens is 4. The largest absolute Gasteiger partial charge is 0.456 e. The lowest BCUT2D eigenvalue weighted by Gasteiger charge is -2.14. The molecular formula is C49H42N4OS. The minimum atomic E-state index is -0.301. The molecule has 270 valence electrons. The first kappa shape index (κ1) is 34.6. The molecule has 5 heterocycles. The highest BCUT2D eigenvalue weighted by Gasteiger charge is 2.30. The summed E-state index contributed by atoms with van der Waals surface area (Å²) in [5.74, 6) is 1.59. The number of unbranched alkanes of at least 4 members (excludes halogenated alkanes) is 3. The number of hydrogen-bond donors (Lipinski definition) is 2. The van der Waals surface area contributed by atoms with E-state index in [0.717, 1.165) is 95.8 Å². The van der Waals surface area contributed by atoms with Crippen LogP contribution in [0.4, 0.5) is 0 Å². The van der Waals surface area contributed by atoms with Gasteiger partial charge in [-0.15, -0.1) is 11.8 Å². The molecule has 55 heavy (non-hydrogen) atoms. The number of ether oxygens (including phenoxy) is 1. The summed E-state index contributed by atoms with van der Waals surface area (Å²) in [6, 6.07) is 50.8. The van der Waals surface area contributed by atoms with E-state index in [2.05, 4.69) is 169 Å². The van der Waals surface area contributed by atoms with Gasteiger partial charge in [-0.25, -0.2) is 9.97 Å². The molecule has 0 radical (unpaired) electrons. The number of fused-ring (bicyclic) bond motifs is 8. The molecule has 0 spiro atoms. The fourth-order valence-electron chi connectivity index (χ4n) is 7.62. The minimum absolute atomic E-state index is 0.301. The Morgan fingerprint density at radius 1 is 0.491 bits per heavy atom. The van der Waals surface area contributed by atoms with Gasteiger partial charge in [-0.3, -0.25) is 0 Å². The van der Waals surface area contributed by atoms with Crippen molar-refractivity contribution >= 4 is 46.0 Å². The maximum Gasteiger partial charge on any atom is 0.225 e. The first-order valence-electron chi connectivity index (χ1n) is 19.2. The van der Waals surface area contributed by atoms with Crippen molar-refractivity contribution in [2.75, 3.05) is 5.75 Å². The summed E-state index contributed by atoms with van der Waals surface area (Å²) >= 11 is 1.84.